The summed E-state index contributed by atoms with van der Waals surface area (Å²) in [6.07, 6.45) is 0. The van der Waals surface area contributed by atoms with E-state index in [-0.39, 0.29) is 17.4 Å². The molecule has 0 fully saturated rings. The van der Waals surface area contributed by atoms with E-state index in [9.17, 15) is 9.59 Å². The number of nitrogens with one attached hydrogen (secondary N) is 1. The zero-order chi connectivity index (χ0) is 14.3. The van der Waals surface area contributed by atoms with E-state index in [4.69, 9.17) is 5.11 Å². The van der Waals surface area contributed by atoms with Gasteiger partial charge in [-0.2, -0.15) is 0 Å². The molecule has 5 heteroatoms. The molecule has 0 aliphatic heterocycles. The molecule has 0 heterocycles. The molecule has 0 spiro atoms. The number of aliphatic carboxylic acids is 1. The fraction of sp³-hybridized carbons (Fsp3) is 0.429. The van der Waals surface area contributed by atoms with Gasteiger partial charge in [-0.3, -0.25) is 9.59 Å². The van der Waals surface area contributed by atoms with Gasteiger partial charge in [0.2, 0.25) is 5.91 Å². The van der Waals surface area contributed by atoms with Crippen LogP contribution in [0.15, 0.2) is 24.3 Å². The van der Waals surface area contributed by atoms with Crippen LogP contribution in [0.3, 0.4) is 0 Å². The number of carboxylic acids is 1. The molecule has 1 aromatic rings. The lowest BCUT2D eigenvalue weighted by Gasteiger charge is -2.08. The van der Waals surface area contributed by atoms with Crippen molar-refractivity contribution >= 4 is 23.6 Å². The summed E-state index contributed by atoms with van der Waals surface area (Å²) < 4.78 is 0. The van der Waals surface area contributed by atoms with Crippen molar-refractivity contribution in [2.75, 3.05) is 11.5 Å². The van der Waals surface area contributed by atoms with Crippen molar-refractivity contribution in [1.82, 2.24) is 5.32 Å². The number of hydrogen-bond donors (Lipinski definition) is 2. The summed E-state index contributed by atoms with van der Waals surface area (Å²) in [6, 6.07) is 8.12. The fourth-order valence-corrected chi connectivity index (χ4v) is 2.07. The summed E-state index contributed by atoms with van der Waals surface area (Å²) in [7, 11) is 0. The maximum Gasteiger partial charge on any atom is 0.313 e. The predicted molar refractivity (Wildman–Crippen MR) is 77.3 cm³/mol. The third kappa shape index (κ3) is 6.29. The van der Waals surface area contributed by atoms with E-state index in [2.05, 4.69) is 31.3 Å². The Kier molecular flexibility index (Phi) is 6.42. The van der Waals surface area contributed by atoms with Gasteiger partial charge in [0, 0.05) is 6.54 Å². The summed E-state index contributed by atoms with van der Waals surface area (Å²) in [4.78, 5) is 21.7. The van der Waals surface area contributed by atoms with Crippen molar-refractivity contribution in [2.45, 2.75) is 26.3 Å². The fourth-order valence-electron chi connectivity index (χ4n) is 1.50. The third-order valence-electron chi connectivity index (χ3n) is 2.59. The zero-order valence-corrected chi connectivity index (χ0v) is 12.0. The Hall–Kier alpha value is -1.49. The molecule has 0 atom stereocenters. The minimum atomic E-state index is -0.901. The standard InChI is InChI=1S/C14H19NO3S/c1-10(2)12-5-3-11(4-6-12)7-15-13(16)8-19-9-14(17)18/h3-6,10H,7-9H2,1-2H3,(H,15,16)(H,17,18). The highest BCUT2D eigenvalue weighted by Crippen LogP contribution is 2.14. The van der Waals surface area contributed by atoms with Gasteiger partial charge in [-0.1, -0.05) is 38.1 Å². The minimum Gasteiger partial charge on any atom is -0.481 e. The van der Waals surface area contributed by atoms with E-state index in [1.165, 1.54) is 5.56 Å². The molecule has 2 N–H and O–H groups in total. The Labute approximate surface area is 117 Å². The number of carbonyl (C=O) groups is 2. The van der Waals surface area contributed by atoms with Crippen LogP contribution < -0.4 is 5.32 Å². The first kappa shape index (κ1) is 15.6. The summed E-state index contributed by atoms with van der Waals surface area (Å²) >= 11 is 1.10. The molecule has 19 heavy (non-hydrogen) atoms. The smallest absolute Gasteiger partial charge is 0.313 e. The minimum absolute atomic E-state index is 0.0451. The van der Waals surface area contributed by atoms with Gasteiger partial charge in [-0.15, -0.1) is 11.8 Å². The van der Waals surface area contributed by atoms with Crippen molar-refractivity contribution in [3.05, 3.63) is 35.4 Å². The zero-order valence-electron chi connectivity index (χ0n) is 11.2. The van der Waals surface area contributed by atoms with Crippen molar-refractivity contribution in [3.63, 3.8) is 0 Å². The van der Waals surface area contributed by atoms with Crippen LogP contribution in [0.4, 0.5) is 0 Å². The topological polar surface area (TPSA) is 66.4 Å². The van der Waals surface area contributed by atoms with E-state index in [1.54, 1.807) is 0 Å². The van der Waals surface area contributed by atoms with Gasteiger partial charge in [-0.25, -0.2) is 0 Å². The van der Waals surface area contributed by atoms with Gasteiger partial charge in [-0.05, 0) is 17.0 Å². The van der Waals surface area contributed by atoms with Crippen LogP contribution in [-0.4, -0.2) is 28.5 Å². The highest BCUT2D eigenvalue weighted by molar-refractivity contribution is 8.00. The van der Waals surface area contributed by atoms with E-state index in [0.29, 0.717) is 12.5 Å². The number of thioether (sulfide) groups is 1. The van der Waals surface area contributed by atoms with Gasteiger partial charge in [0.25, 0.3) is 0 Å². The Balaban J connectivity index is 2.31. The van der Waals surface area contributed by atoms with Crippen LogP contribution in [0.2, 0.25) is 0 Å². The van der Waals surface area contributed by atoms with Gasteiger partial charge in [0.15, 0.2) is 0 Å². The van der Waals surface area contributed by atoms with Crippen molar-refractivity contribution in [3.8, 4) is 0 Å². The lowest BCUT2D eigenvalue weighted by Crippen LogP contribution is -2.25. The van der Waals surface area contributed by atoms with Gasteiger partial charge < -0.3 is 10.4 Å². The molecule has 0 radical (unpaired) electrons. The molecule has 104 valence electrons. The monoisotopic (exact) mass is 281 g/mol. The first-order chi connectivity index (χ1) is 8.99. The van der Waals surface area contributed by atoms with E-state index in [0.717, 1.165) is 17.3 Å². The number of rotatable bonds is 7. The lowest BCUT2D eigenvalue weighted by atomic mass is 10.0. The summed E-state index contributed by atoms with van der Waals surface area (Å²) in [5.74, 6) is -0.412. The van der Waals surface area contributed by atoms with Gasteiger partial charge >= 0.3 is 5.97 Å². The Morgan fingerprint density at radius 2 is 1.84 bits per heavy atom. The maximum atomic E-state index is 11.4. The second kappa shape index (κ2) is 7.84. The Morgan fingerprint density at radius 1 is 1.21 bits per heavy atom. The molecule has 1 aromatic carbocycles. The number of hydrogen-bond acceptors (Lipinski definition) is 3. The molecule has 0 aliphatic rings. The molecule has 4 nitrogen and oxygen atoms in total. The van der Waals surface area contributed by atoms with Crippen molar-refractivity contribution < 1.29 is 14.7 Å². The molecule has 0 aromatic heterocycles. The second-order valence-electron chi connectivity index (χ2n) is 4.56. The SMILES string of the molecule is CC(C)c1ccc(CNC(=O)CSCC(=O)O)cc1. The van der Waals surface area contributed by atoms with E-state index < -0.39 is 5.97 Å². The van der Waals surface area contributed by atoms with Gasteiger partial charge in [0.1, 0.15) is 0 Å². The van der Waals surface area contributed by atoms with Crippen LogP contribution in [0.1, 0.15) is 30.9 Å². The highest BCUT2D eigenvalue weighted by atomic mass is 32.2. The summed E-state index contributed by atoms with van der Waals surface area (Å²) in [5.41, 5.74) is 2.31. The molecule has 0 unspecified atom stereocenters. The molecule has 0 saturated heterocycles. The average Bonchev–Trinajstić information content (AvgIpc) is 2.36. The highest BCUT2D eigenvalue weighted by Gasteiger charge is 2.04. The largest absolute Gasteiger partial charge is 0.481 e. The first-order valence-electron chi connectivity index (χ1n) is 6.14. The number of benzene rings is 1. The Morgan fingerprint density at radius 3 is 2.37 bits per heavy atom. The molecule has 0 bridgehead atoms. The average molecular weight is 281 g/mol. The Bertz CT molecular complexity index is 429. The lowest BCUT2D eigenvalue weighted by molar-refractivity contribution is -0.133. The van der Waals surface area contributed by atoms with Crippen LogP contribution >= 0.6 is 11.8 Å². The summed E-state index contributed by atoms with van der Waals surface area (Å²) in [5, 5.41) is 11.2. The normalized spacial score (nSPS) is 10.5. The van der Waals surface area contributed by atoms with E-state index in [1.807, 2.05) is 12.1 Å². The van der Waals surface area contributed by atoms with Crippen molar-refractivity contribution in [2.24, 2.45) is 0 Å². The van der Waals surface area contributed by atoms with Gasteiger partial charge in [0.05, 0.1) is 11.5 Å². The molecule has 1 rings (SSSR count). The summed E-state index contributed by atoms with van der Waals surface area (Å²) in [6.45, 7) is 4.75. The predicted octanol–water partition coefficient (Wildman–Crippen LogP) is 2.24. The first-order valence-corrected chi connectivity index (χ1v) is 7.29. The maximum absolute atomic E-state index is 11.4. The van der Waals surface area contributed by atoms with E-state index >= 15 is 0 Å². The number of amides is 1. The van der Waals surface area contributed by atoms with Crippen LogP contribution in [0.5, 0.6) is 0 Å². The van der Waals surface area contributed by atoms with Crippen molar-refractivity contribution in [1.29, 1.82) is 0 Å². The third-order valence-corrected chi connectivity index (χ3v) is 3.51. The van der Waals surface area contributed by atoms with Crippen LogP contribution in [-0.2, 0) is 16.1 Å². The second-order valence-corrected chi connectivity index (χ2v) is 5.55. The molecule has 0 aliphatic carbocycles. The quantitative estimate of drug-likeness (QED) is 0.804. The molecular formula is C14H19NO3S. The number of carboxylic acid groups (broad SMARTS) is 1. The molecular weight excluding hydrogens is 262 g/mol. The number of carbonyl (C=O) groups excluding carboxylic acids is 1. The van der Waals surface area contributed by atoms with Crippen LogP contribution in [0.25, 0.3) is 0 Å². The molecule has 1 amide bonds. The van der Waals surface area contributed by atoms with Crippen LogP contribution in [0, 0.1) is 0 Å². The molecule has 0 saturated carbocycles.